The lowest BCUT2D eigenvalue weighted by molar-refractivity contribution is 0.215. The number of carbonyl (C=O) groups is 1. The molecule has 2 amide bonds. The van der Waals surface area contributed by atoms with Gasteiger partial charge in [-0.15, -0.1) is 0 Å². The Hall–Kier alpha value is -2.29. The van der Waals surface area contributed by atoms with Crippen LogP contribution in [0.25, 0.3) is 0 Å². The number of anilines is 1. The quantitative estimate of drug-likeness (QED) is 0.842. The van der Waals surface area contributed by atoms with E-state index in [4.69, 9.17) is 0 Å². The predicted molar refractivity (Wildman–Crippen MR) is 90.3 cm³/mol. The van der Waals surface area contributed by atoms with Crippen molar-refractivity contribution in [3.05, 3.63) is 65.7 Å². The molecule has 3 rings (SSSR count). The number of hydrogen-bond acceptors (Lipinski definition) is 1. The molecule has 0 saturated carbocycles. The van der Waals surface area contributed by atoms with Gasteiger partial charge >= 0.3 is 6.03 Å². The van der Waals surface area contributed by atoms with Gasteiger partial charge in [0, 0.05) is 25.8 Å². The first-order valence-electron chi connectivity index (χ1n) is 7.90. The molecule has 22 heavy (non-hydrogen) atoms. The Bertz CT molecular complexity index is 639. The van der Waals surface area contributed by atoms with Crippen molar-refractivity contribution < 1.29 is 4.79 Å². The largest absolute Gasteiger partial charge is 0.327 e. The second kappa shape index (κ2) is 6.65. The lowest BCUT2D eigenvalue weighted by atomic mass is 10.1. The van der Waals surface area contributed by atoms with Crippen molar-refractivity contribution in [2.24, 2.45) is 0 Å². The summed E-state index contributed by atoms with van der Waals surface area (Å²) >= 11 is 0. The molecule has 0 aliphatic carbocycles. The van der Waals surface area contributed by atoms with Crippen LogP contribution in [0.1, 0.15) is 17.5 Å². The maximum atomic E-state index is 12.6. The van der Waals surface area contributed by atoms with Crippen LogP contribution >= 0.6 is 0 Å². The minimum atomic E-state index is 0.109. The number of benzene rings is 2. The van der Waals surface area contributed by atoms with Crippen molar-refractivity contribution in [3.63, 3.8) is 0 Å². The summed E-state index contributed by atoms with van der Waals surface area (Å²) in [5, 5.41) is 0. The number of hydrogen-bond donors (Lipinski definition) is 0. The number of amides is 2. The molecule has 0 bridgehead atoms. The average Bonchev–Trinajstić information content (AvgIpc) is 2.99. The third-order valence-corrected chi connectivity index (χ3v) is 4.25. The molecular formula is C19H22N2O. The summed E-state index contributed by atoms with van der Waals surface area (Å²) < 4.78 is 0. The Balaban J connectivity index is 1.54. The first-order chi connectivity index (χ1) is 10.8. The Morgan fingerprint density at radius 3 is 2.64 bits per heavy atom. The first-order valence-corrected chi connectivity index (χ1v) is 7.90. The van der Waals surface area contributed by atoms with Crippen LogP contribution in [0.4, 0.5) is 10.5 Å². The molecular weight excluding hydrogens is 272 g/mol. The van der Waals surface area contributed by atoms with Gasteiger partial charge in [0.15, 0.2) is 0 Å². The van der Waals surface area contributed by atoms with Crippen LogP contribution in [0.5, 0.6) is 0 Å². The lowest BCUT2D eigenvalue weighted by Crippen LogP contribution is -2.40. The third-order valence-electron chi connectivity index (χ3n) is 4.25. The number of para-hydroxylation sites is 1. The highest BCUT2D eigenvalue weighted by Crippen LogP contribution is 2.28. The zero-order chi connectivity index (χ0) is 15.4. The number of carbonyl (C=O) groups excluding carboxylic acids is 1. The zero-order valence-electron chi connectivity index (χ0n) is 13.0. The minimum absolute atomic E-state index is 0.109. The van der Waals surface area contributed by atoms with Crippen molar-refractivity contribution >= 4 is 11.7 Å². The van der Waals surface area contributed by atoms with Crippen LogP contribution in [0.2, 0.25) is 0 Å². The molecule has 1 aliphatic rings. The summed E-state index contributed by atoms with van der Waals surface area (Å²) in [6, 6.07) is 18.7. The van der Waals surface area contributed by atoms with Gasteiger partial charge in [-0.25, -0.2) is 4.79 Å². The normalized spacial score (nSPS) is 13.0. The molecule has 3 nitrogen and oxygen atoms in total. The third kappa shape index (κ3) is 3.14. The van der Waals surface area contributed by atoms with E-state index < -0.39 is 0 Å². The van der Waals surface area contributed by atoms with Crippen LogP contribution in [0, 0.1) is 0 Å². The van der Waals surface area contributed by atoms with E-state index in [-0.39, 0.29) is 6.03 Å². The van der Waals surface area contributed by atoms with Crippen molar-refractivity contribution in [2.45, 2.75) is 19.3 Å². The molecule has 114 valence electrons. The van der Waals surface area contributed by atoms with Crippen LogP contribution < -0.4 is 4.90 Å². The van der Waals surface area contributed by atoms with Crippen LogP contribution in [0.3, 0.4) is 0 Å². The first kappa shape index (κ1) is 14.6. The molecule has 0 radical (unpaired) electrons. The van der Waals surface area contributed by atoms with E-state index in [1.165, 1.54) is 11.1 Å². The lowest BCUT2D eigenvalue weighted by Gasteiger charge is -2.25. The van der Waals surface area contributed by atoms with Gasteiger partial charge in [0.05, 0.1) is 0 Å². The summed E-state index contributed by atoms with van der Waals surface area (Å²) in [5.74, 6) is 0. The van der Waals surface area contributed by atoms with Gasteiger partial charge in [-0.2, -0.15) is 0 Å². The van der Waals surface area contributed by atoms with Crippen molar-refractivity contribution in [3.8, 4) is 0 Å². The van der Waals surface area contributed by atoms with Crippen LogP contribution in [-0.4, -0.2) is 31.1 Å². The van der Waals surface area contributed by atoms with Gasteiger partial charge < -0.3 is 4.90 Å². The summed E-state index contributed by atoms with van der Waals surface area (Å²) in [7, 11) is 1.90. The van der Waals surface area contributed by atoms with Crippen LogP contribution in [0.15, 0.2) is 54.6 Å². The van der Waals surface area contributed by atoms with Crippen molar-refractivity contribution in [1.82, 2.24) is 4.90 Å². The van der Waals surface area contributed by atoms with Gasteiger partial charge in [-0.05, 0) is 36.5 Å². The number of rotatable bonds is 4. The zero-order valence-corrected chi connectivity index (χ0v) is 13.0. The highest BCUT2D eigenvalue weighted by Gasteiger charge is 2.26. The van der Waals surface area contributed by atoms with Crippen LogP contribution in [-0.2, 0) is 12.8 Å². The molecule has 0 N–H and O–H groups in total. The number of fused-ring (bicyclic) bond motifs is 1. The van der Waals surface area contributed by atoms with E-state index in [1.54, 1.807) is 0 Å². The van der Waals surface area contributed by atoms with E-state index in [1.807, 2.05) is 41.1 Å². The topological polar surface area (TPSA) is 23.6 Å². The highest BCUT2D eigenvalue weighted by atomic mass is 16.2. The fraction of sp³-hybridized carbons (Fsp3) is 0.316. The second-order valence-corrected chi connectivity index (χ2v) is 5.82. The average molecular weight is 294 g/mol. The van der Waals surface area contributed by atoms with E-state index in [0.29, 0.717) is 0 Å². The molecule has 1 aliphatic heterocycles. The Labute approximate surface area is 132 Å². The Kier molecular flexibility index (Phi) is 4.42. The standard InChI is InChI=1S/C19H22N2O/c1-20(14-7-10-16-8-3-2-4-9-16)19(22)21-15-13-17-11-5-6-12-18(17)21/h2-6,8-9,11-12H,7,10,13-15H2,1H3. The van der Waals surface area contributed by atoms with Crippen molar-refractivity contribution in [2.75, 3.05) is 25.0 Å². The number of urea groups is 1. The Morgan fingerprint density at radius 2 is 1.82 bits per heavy atom. The monoisotopic (exact) mass is 294 g/mol. The predicted octanol–water partition coefficient (Wildman–Crippen LogP) is 3.73. The second-order valence-electron chi connectivity index (χ2n) is 5.82. The summed E-state index contributed by atoms with van der Waals surface area (Å²) in [6.07, 6.45) is 2.95. The fourth-order valence-corrected chi connectivity index (χ4v) is 3.00. The minimum Gasteiger partial charge on any atom is -0.327 e. The SMILES string of the molecule is CN(CCCc1ccccc1)C(=O)N1CCc2ccccc21. The van der Waals surface area contributed by atoms with E-state index >= 15 is 0 Å². The number of nitrogens with zero attached hydrogens (tertiary/aromatic N) is 2. The van der Waals surface area contributed by atoms with Gasteiger partial charge in [0.1, 0.15) is 0 Å². The fourth-order valence-electron chi connectivity index (χ4n) is 3.00. The van der Waals surface area contributed by atoms with Gasteiger partial charge in [0.2, 0.25) is 0 Å². The van der Waals surface area contributed by atoms with Gasteiger partial charge in [0.25, 0.3) is 0 Å². The van der Waals surface area contributed by atoms with E-state index in [0.717, 1.165) is 38.0 Å². The molecule has 0 fully saturated rings. The molecule has 1 heterocycles. The molecule has 0 spiro atoms. The maximum Gasteiger partial charge on any atom is 0.324 e. The van der Waals surface area contributed by atoms with E-state index in [9.17, 15) is 4.79 Å². The molecule has 2 aromatic rings. The molecule has 0 saturated heterocycles. The van der Waals surface area contributed by atoms with Gasteiger partial charge in [-0.3, -0.25) is 4.90 Å². The molecule has 0 aromatic heterocycles. The smallest absolute Gasteiger partial charge is 0.324 e. The Morgan fingerprint density at radius 1 is 1.09 bits per heavy atom. The molecule has 0 unspecified atom stereocenters. The summed E-state index contributed by atoms with van der Waals surface area (Å²) in [5.41, 5.74) is 3.67. The molecule has 3 heteroatoms. The highest BCUT2D eigenvalue weighted by molar-refractivity contribution is 5.94. The van der Waals surface area contributed by atoms with Crippen molar-refractivity contribution in [1.29, 1.82) is 0 Å². The summed E-state index contributed by atoms with van der Waals surface area (Å²) in [6.45, 7) is 1.58. The maximum absolute atomic E-state index is 12.6. The van der Waals surface area contributed by atoms with E-state index in [2.05, 4.69) is 30.3 Å². The summed E-state index contributed by atoms with van der Waals surface area (Å²) in [4.78, 5) is 16.3. The molecule has 0 atom stereocenters. The number of aryl methyl sites for hydroxylation is 1. The van der Waals surface area contributed by atoms with Gasteiger partial charge in [-0.1, -0.05) is 48.5 Å². The molecule has 2 aromatic carbocycles.